The first kappa shape index (κ1) is 26.3. The largest absolute Gasteiger partial charge is 0.437 e. The predicted molar refractivity (Wildman–Crippen MR) is 134 cm³/mol. The van der Waals surface area contributed by atoms with E-state index in [2.05, 4.69) is 15.1 Å². The number of nitro benzene ring substituents is 1. The zero-order valence-corrected chi connectivity index (χ0v) is 21.4. The molecule has 1 fully saturated rings. The van der Waals surface area contributed by atoms with Crippen molar-refractivity contribution in [3.63, 3.8) is 0 Å². The zero-order valence-electron chi connectivity index (χ0n) is 20.6. The Morgan fingerprint density at radius 1 is 1.19 bits per heavy atom. The molecular formula is C24H27N5O7S. The first-order valence-corrected chi connectivity index (χ1v) is 13.0. The van der Waals surface area contributed by atoms with E-state index in [1.165, 1.54) is 17.9 Å². The molecule has 37 heavy (non-hydrogen) atoms. The van der Waals surface area contributed by atoms with Gasteiger partial charge in [0.25, 0.3) is 11.6 Å². The number of ether oxygens (including phenoxy) is 2. The number of benzene rings is 2. The number of nitro groups is 1. The Morgan fingerprint density at radius 2 is 1.89 bits per heavy atom. The summed E-state index contributed by atoms with van der Waals surface area (Å²) in [5.41, 5.74) is 1.61. The van der Waals surface area contributed by atoms with Crippen molar-refractivity contribution in [3.05, 3.63) is 69.4 Å². The molecule has 0 atom stereocenters. The van der Waals surface area contributed by atoms with Crippen LogP contribution < -0.4 is 14.8 Å². The maximum Gasteiger partial charge on any atom is 0.272 e. The van der Waals surface area contributed by atoms with Crippen LogP contribution in [0.5, 0.6) is 11.6 Å². The molecule has 0 saturated heterocycles. The van der Waals surface area contributed by atoms with Crippen LogP contribution in [0.25, 0.3) is 5.69 Å². The molecule has 0 radical (unpaired) electrons. The molecule has 1 amide bonds. The molecule has 1 saturated carbocycles. The SMILES string of the molecule is COCCNC(=O)c1nn(-c2ccc(C)cc2)c(Oc2ccc([N+](=O)[O-])cc2S(=O)(=O)NC2CC2)c1C. The van der Waals surface area contributed by atoms with Gasteiger partial charge >= 0.3 is 0 Å². The monoisotopic (exact) mass is 529 g/mol. The molecule has 196 valence electrons. The van der Waals surface area contributed by atoms with Crippen LogP contribution in [0.2, 0.25) is 0 Å². The quantitative estimate of drug-likeness (QED) is 0.218. The Balaban J connectivity index is 1.81. The number of carbonyl (C=O) groups excluding carboxylic acids is 1. The lowest BCUT2D eigenvalue weighted by Gasteiger charge is -2.14. The number of nitrogens with one attached hydrogen (secondary N) is 2. The van der Waals surface area contributed by atoms with Gasteiger partial charge in [0, 0.05) is 37.4 Å². The van der Waals surface area contributed by atoms with E-state index in [9.17, 15) is 23.3 Å². The van der Waals surface area contributed by atoms with Crippen molar-refractivity contribution in [2.24, 2.45) is 0 Å². The summed E-state index contributed by atoms with van der Waals surface area (Å²) in [6.07, 6.45) is 1.37. The molecule has 13 heteroatoms. The minimum absolute atomic E-state index is 0.0779. The van der Waals surface area contributed by atoms with E-state index in [4.69, 9.17) is 9.47 Å². The fraction of sp³-hybridized carbons (Fsp3) is 0.333. The predicted octanol–water partition coefficient (Wildman–Crippen LogP) is 3.01. The van der Waals surface area contributed by atoms with Crippen LogP contribution >= 0.6 is 0 Å². The summed E-state index contributed by atoms with van der Waals surface area (Å²) in [7, 11) is -2.61. The fourth-order valence-corrected chi connectivity index (χ4v) is 4.97. The summed E-state index contributed by atoms with van der Waals surface area (Å²) < 4.78 is 41.2. The maximum absolute atomic E-state index is 13.1. The van der Waals surface area contributed by atoms with Gasteiger partial charge in [-0.2, -0.15) is 9.78 Å². The normalized spacial score (nSPS) is 13.4. The second-order valence-electron chi connectivity index (χ2n) is 8.66. The number of methoxy groups -OCH3 is 1. The summed E-state index contributed by atoms with van der Waals surface area (Å²) in [5.74, 6) is -0.504. The Kier molecular flexibility index (Phi) is 7.57. The van der Waals surface area contributed by atoms with E-state index in [-0.39, 0.29) is 34.8 Å². The fourth-order valence-electron chi connectivity index (χ4n) is 3.52. The molecule has 0 spiro atoms. The van der Waals surface area contributed by atoms with Gasteiger partial charge in [-0.25, -0.2) is 13.1 Å². The second kappa shape index (κ2) is 10.7. The molecule has 0 unspecified atom stereocenters. The molecule has 1 aromatic heterocycles. The smallest absolute Gasteiger partial charge is 0.272 e. The number of carbonyl (C=O) groups is 1. The van der Waals surface area contributed by atoms with E-state index in [0.29, 0.717) is 30.7 Å². The van der Waals surface area contributed by atoms with Crippen molar-refractivity contribution in [2.75, 3.05) is 20.3 Å². The standard InChI is InChI=1S/C24H27N5O7S/c1-15-4-8-18(9-5-15)28-24(16(2)22(26-28)23(30)25-12-13-35-3)36-20-11-10-19(29(31)32)14-21(20)37(33,34)27-17-6-7-17/h4-5,8-11,14,17,27H,6-7,12-13H2,1-3H3,(H,25,30). The lowest BCUT2D eigenvalue weighted by molar-refractivity contribution is -0.385. The number of non-ortho nitro benzene ring substituents is 1. The number of nitrogens with zero attached hydrogens (tertiary/aromatic N) is 3. The van der Waals surface area contributed by atoms with Crippen molar-refractivity contribution in [1.29, 1.82) is 0 Å². The number of aryl methyl sites for hydroxylation is 1. The molecule has 4 rings (SSSR count). The van der Waals surface area contributed by atoms with Crippen LogP contribution in [-0.2, 0) is 14.8 Å². The van der Waals surface area contributed by atoms with Gasteiger partial charge < -0.3 is 14.8 Å². The molecule has 3 aromatic rings. The lowest BCUT2D eigenvalue weighted by atomic mass is 10.2. The Morgan fingerprint density at radius 3 is 2.51 bits per heavy atom. The molecule has 0 bridgehead atoms. The van der Waals surface area contributed by atoms with Crippen molar-refractivity contribution in [2.45, 2.75) is 37.6 Å². The highest BCUT2D eigenvalue weighted by molar-refractivity contribution is 7.89. The number of hydrogen-bond donors (Lipinski definition) is 2. The highest BCUT2D eigenvalue weighted by atomic mass is 32.2. The number of sulfonamides is 1. The summed E-state index contributed by atoms with van der Waals surface area (Å²) >= 11 is 0. The molecular weight excluding hydrogens is 502 g/mol. The second-order valence-corrected chi connectivity index (χ2v) is 10.3. The van der Waals surface area contributed by atoms with E-state index >= 15 is 0 Å². The van der Waals surface area contributed by atoms with E-state index in [0.717, 1.165) is 17.7 Å². The van der Waals surface area contributed by atoms with Crippen LogP contribution in [0.1, 0.15) is 34.5 Å². The molecule has 1 aliphatic rings. The average Bonchev–Trinajstić information content (AvgIpc) is 3.61. The summed E-state index contributed by atoms with van der Waals surface area (Å²) in [6, 6.07) is 10.4. The van der Waals surface area contributed by atoms with Gasteiger partial charge in [-0.15, -0.1) is 0 Å². The first-order valence-electron chi connectivity index (χ1n) is 11.5. The molecule has 2 aromatic carbocycles. The van der Waals surface area contributed by atoms with Gasteiger partial charge in [0.1, 0.15) is 10.6 Å². The Labute approximate surface area is 213 Å². The maximum atomic E-state index is 13.1. The highest BCUT2D eigenvalue weighted by Gasteiger charge is 2.32. The van der Waals surface area contributed by atoms with Gasteiger partial charge in [0.2, 0.25) is 15.9 Å². The minimum Gasteiger partial charge on any atom is -0.437 e. The summed E-state index contributed by atoms with van der Waals surface area (Å²) in [6.45, 7) is 4.12. The summed E-state index contributed by atoms with van der Waals surface area (Å²) in [4.78, 5) is 23.2. The zero-order chi connectivity index (χ0) is 26.7. The van der Waals surface area contributed by atoms with E-state index in [1.807, 2.05) is 19.1 Å². The highest BCUT2D eigenvalue weighted by Crippen LogP contribution is 2.36. The van der Waals surface area contributed by atoms with Crippen LogP contribution in [0, 0.1) is 24.0 Å². The number of amides is 1. The first-order chi connectivity index (χ1) is 17.6. The van der Waals surface area contributed by atoms with E-state index < -0.39 is 26.5 Å². The molecule has 12 nitrogen and oxygen atoms in total. The van der Waals surface area contributed by atoms with Crippen molar-refractivity contribution in [3.8, 4) is 17.3 Å². The third kappa shape index (κ3) is 5.96. The van der Waals surface area contributed by atoms with Gasteiger partial charge in [0.05, 0.1) is 17.2 Å². The number of rotatable bonds is 11. The van der Waals surface area contributed by atoms with Gasteiger partial charge in [-0.3, -0.25) is 14.9 Å². The third-order valence-electron chi connectivity index (χ3n) is 5.69. The minimum atomic E-state index is -4.13. The van der Waals surface area contributed by atoms with Crippen LogP contribution in [0.3, 0.4) is 0 Å². The molecule has 1 aliphatic carbocycles. The van der Waals surface area contributed by atoms with Gasteiger partial charge in [-0.1, -0.05) is 17.7 Å². The Hall–Kier alpha value is -3.81. The number of aromatic nitrogens is 2. The molecule has 0 aliphatic heterocycles. The van der Waals surface area contributed by atoms with Crippen LogP contribution in [0.15, 0.2) is 47.4 Å². The Bertz CT molecular complexity index is 1430. The van der Waals surface area contributed by atoms with Crippen molar-refractivity contribution >= 4 is 21.6 Å². The van der Waals surface area contributed by atoms with Crippen LogP contribution in [-0.4, -0.2) is 55.3 Å². The third-order valence-corrected chi connectivity index (χ3v) is 7.23. The van der Waals surface area contributed by atoms with Crippen molar-refractivity contribution < 1.29 is 27.6 Å². The topological polar surface area (TPSA) is 155 Å². The van der Waals surface area contributed by atoms with Gasteiger partial charge in [-0.05, 0) is 44.9 Å². The molecule has 2 N–H and O–H groups in total. The number of hydrogen-bond acceptors (Lipinski definition) is 8. The summed E-state index contributed by atoms with van der Waals surface area (Å²) in [5, 5.41) is 18.5. The van der Waals surface area contributed by atoms with Crippen molar-refractivity contribution in [1.82, 2.24) is 19.8 Å². The van der Waals surface area contributed by atoms with Crippen LogP contribution in [0.4, 0.5) is 5.69 Å². The average molecular weight is 530 g/mol. The lowest BCUT2D eigenvalue weighted by Crippen LogP contribution is -2.28. The van der Waals surface area contributed by atoms with E-state index in [1.54, 1.807) is 19.1 Å². The molecule has 1 heterocycles. The van der Waals surface area contributed by atoms with Gasteiger partial charge in [0.15, 0.2) is 5.69 Å².